The van der Waals surface area contributed by atoms with Gasteiger partial charge in [-0.25, -0.2) is 26.8 Å². The van der Waals surface area contributed by atoms with E-state index in [4.69, 9.17) is 45.9 Å². The minimum Gasteiger partial charge on any atom is -0.741 e. The van der Waals surface area contributed by atoms with Gasteiger partial charge in [-0.15, -0.1) is 0 Å². The van der Waals surface area contributed by atoms with Crippen LogP contribution in [0.3, 0.4) is 0 Å². The third kappa shape index (κ3) is 17.5. The van der Waals surface area contributed by atoms with E-state index in [0.29, 0.717) is 0 Å². The molecule has 21 heteroatoms. The van der Waals surface area contributed by atoms with Gasteiger partial charge in [0.05, 0.1) is 40.2 Å². The normalized spacial score (nSPS) is 10.9. The number of rotatable bonds is 7. The Morgan fingerprint density at radius 2 is 0.787 bits per heavy atom. The molecule has 0 amide bonds. The number of ether oxygens (including phenoxy) is 1. The van der Waals surface area contributed by atoms with E-state index in [1.165, 1.54) is 6.92 Å². The summed E-state index contributed by atoms with van der Waals surface area (Å²) in [5.74, 6) is 0. The molecule has 12 nitrogen and oxygen atoms in total. The number of halogens is 6. The van der Waals surface area contributed by atoms with Crippen molar-refractivity contribution in [3.63, 3.8) is 0 Å². The van der Waals surface area contributed by atoms with Gasteiger partial charge < -0.3 is 13.8 Å². The number of nitriles is 1. The standard InChI is InChI=1S/C32H22N4.C4H10O.C2H3N.2CHF3O3S.Fe/c1-3-13-25(27-17-9-19-31(35-27)29-15-5-7-21-33-29)23(11-1)24-12-2-4-14-26(24)28-18-10-20-32(36-28)30-16-6-8-22-34-30;1-3-5-4-2;1-2-3;2*2-1(3,4)8(5,6)7;/h1-22H;3-4H2,1-2H3;1H3;2*(H,5,6,7);/q;;;;;+2/p-2. The molecule has 0 spiro atoms. The van der Waals surface area contributed by atoms with E-state index in [9.17, 15) is 26.3 Å². The van der Waals surface area contributed by atoms with E-state index in [1.807, 2.05) is 86.6 Å². The molecule has 6 aromatic rings. The van der Waals surface area contributed by atoms with Crippen LogP contribution in [0.1, 0.15) is 20.8 Å². The third-order valence-electron chi connectivity index (χ3n) is 7.02. The molecular formula is C40H35F6FeN5O7S2. The summed E-state index contributed by atoms with van der Waals surface area (Å²) >= 11 is 0. The number of alkyl halides is 6. The predicted octanol–water partition coefficient (Wildman–Crippen LogP) is 9.27. The molecule has 0 aliphatic carbocycles. The summed E-state index contributed by atoms with van der Waals surface area (Å²) in [5.41, 5.74) is -1.76. The van der Waals surface area contributed by atoms with Crippen molar-refractivity contribution in [2.75, 3.05) is 13.2 Å². The SMILES string of the molecule is CC#N.CCOCC.O=S(=O)([O-])C(F)(F)F.O=S(=O)([O-])C(F)(F)F.[Fe+2].c1ccc(-c2cccc(-c3ccccc3-c3ccccc3-c3cccc(-c4ccccn4)n3)n2)nc1. The van der Waals surface area contributed by atoms with Gasteiger partial charge in [-0.05, 0) is 73.5 Å². The number of benzene rings is 2. The van der Waals surface area contributed by atoms with Gasteiger partial charge in [0.2, 0.25) is 0 Å². The van der Waals surface area contributed by atoms with Crippen LogP contribution >= 0.6 is 0 Å². The number of nitrogens with zero attached hydrogens (tertiary/aromatic N) is 5. The first-order valence-corrected chi connectivity index (χ1v) is 19.9. The number of hydrogen-bond acceptors (Lipinski definition) is 12. The Labute approximate surface area is 359 Å². The first kappa shape index (κ1) is 53.4. The van der Waals surface area contributed by atoms with Gasteiger partial charge in [-0.1, -0.05) is 72.8 Å². The molecule has 4 aromatic heterocycles. The topological polar surface area (TPSA) is 199 Å². The maximum absolute atomic E-state index is 10.7. The zero-order valence-electron chi connectivity index (χ0n) is 32.1. The molecule has 324 valence electrons. The van der Waals surface area contributed by atoms with Gasteiger partial charge in [-0.3, -0.25) is 9.97 Å². The van der Waals surface area contributed by atoms with Crippen LogP contribution in [0.25, 0.3) is 56.4 Å². The second kappa shape index (κ2) is 25.2. The molecule has 2 aromatic carbocycles. The van der Waals surface area contributed by atoms with Crippen molar-refractivity contribution < 1.29 is 74.1 Å². The maximum Gasteiger partial charge on any atom is 2.00 e. The van der Waals surface area contributed by atoms with Gasteiger partial charge >= 0.3 is 28.1 Å². The molecule has 0 unspecified atom stereocenters. The largest absolute Gasteiger partial charge is 2.00 e. The van der Waals surface area contributed by atoms with Crippen LogP contribution in [0.2, 0.25) is 0 Å². The minimum absolute atomic E-state index is 0. The van der Waals surface area contributed by atoms with E-state index in [2.05, 4.69) is 58.5 Å². The molecule has 4 heterocycles. The molecule has 0 aliphatic heterocycles. The van der Waals surface area contributed by atoms with Crippen molar-refractivity contribution in [3.05, 3.63) is 134 Å². The molecule has 61 heavy (non-hydrogen) atoms. The monoisotopic (exact) mass is 931 g/mol. The maximum atomic E-state index is 10.7. The van der Waals surface area contributed by atoms with E-state index in [1.54, 1.807) is 18.5 Å². The van der Waals surface area contributed by atoms with Crippen LogP contribution in [0.4, 0.5) is 26.3 Å². The molecule has 0 saturated carbocycles. The van der Waals surface area contributed by atoms with Crippen molar-refractivity contribution in [1.82, 2.24) is 19.9 Å². The smallest absolute Gasteiger partial charge is 0.741 e. The van der Waals surface area contributed by atoms with Crippen LogP contribution in [0.15, 0.2) is 134 Å². The van der Waals surface area contributed by atoms with E-state index >= 15 is 0 Å². The van der Waals surface area contributed by atoms with Gasteiger partial charge in [0.25, 0.3) is 0 Å². The number of hydrogen-bond donors (Lipinski definition) is 0. The molecule has 0 fully saturated rings. The molecule has 0 radical (unpaired) electrons. The van der Waals surface area contributed by atoms with Crippen LogP contribution in [-0.2, 0) is 42.0 Å². The van der Waals surface area contributed by atoms with Gasteiger partial charge in [0.15, 0.2) is 20.2 Å². The second-order valence-electron chi connectivity index (χ2n) is 11.1. The molecule has 0 atom stereocenters. The Hall–Kier alpha value is -5.59. The fourth-order valence-electron chi connectivity index (χ4n) is 4.57. The molecular weight excluding hydrogens is 896 g/mol. The fraction of sp³-hybridized carbons (Fsp3) is 0.175. The Morgan fingerprint density at radius 1 is 0.525 bits per heavy atom. The van der Waals surface area contributed by atoms with E-state index < -0.39 is 31.3 Å². The van der Waals surface area contributed by atoms with Crippen molar-refractivity contribution in [1.29, 1.82) is 5.26 Å². The Bertz CT molecular complexity index is 2350. The molecule has 0 N–H and O–H groups in total. The van der Waals surface area contributed by atoms with Crippen LogP contribution in [0.5, 0.6) is 0 Å². The summed E-state index contributed by atoms with van der Waals surface area (Å²) in [4.78, 5) is 18.9. The van der Waals surface area contributed by atoms with Crippen molar-refractivity contribution in [2.24, 2.45) is 0 Å². The predicted molar refractivity (Wildman–Crippen MR) is 210 cm³/mol. The Balaban J connectivity index is 0.000000613. The molecule has 0 aliphatic rings. The third-order valence-corrected chi connectivity index (χ3v) is 8.16. The number of pyridine rings is 4. The van der Waals surface area contributed by atoms with Crippen molar-refractivity contribution in [3.8, 4) is 62.5 Å². The molecule has 0 bridgehead atoms. The van der Waals surface area contributed by atoms with E-state index in [-0.39, 0.29) is 17.1 Å². The van der Waals surface area contributed by atoms with E-state index in [0.717, 1.165) is 69.6 Å². The fourth-order valence-corrected chi connectivity index (χ4v) is 4.57. The quantitative estimate of drug-likeness (QED) is 0.0637. The summed E-state index contributed by atoms with van der Waals surface area (Å²) in [7, 11) is -12.2. The Kier molecular flexibility index (Phi) is 22.1. The molecule has 6 rings (SSSR count). The van der Waals surface area contributed by atoms with Crippen molar-refractivity contribution >= 4 is 20.2 Å². The number of aromatic nitrogens is 4. The summed E-state index contributed by atoms with van der Waals surface area (Å²) in [6.45, 7) is 7.10. The Morgan fingerprint density at radius 3 is 1.03 bits per heavy atom. The zero-order valence-corrected chi connectivity index (χ0v) is 34.9. The van der Waals surface area contributed by atoms with Gasteiger partial charge in [0.1, 0.15) is 0 Å². The molecule has 0 saturated heterocycles. The average molecular weight is 932 g/mol. The van der Waals surface area contributed by atoms with Crippen LogP contribution in [0, 0.1) is 11.3 Å². The second-order valence-corrected chi connectivity index (χ2v) is 13.9. The van der Waals surface area contributed by atoms with Crippen LogP contribution < -0.4 is 0 Å². The first-order valence-electron chi connectivity index (χ1n) is 17.1. The average Bonchev–Trinajstić information content (AvgIpc) is 3.21. The summed E-state index contributed by atoms with van der Waals surface area (Å²) in [6.07, 6.45) is 3.58. The summed E-state index contributed by atoms with van der Waals surface area (Å²) in [6, 6.07) is 42.4. The van der Waals surface area contributed by atoms with Crippen LogP contribution in [-0.4, -0.2) is 70.1 Å². The van der Waals surface area contributed by atoms with Gasteiger partial charge in [0, 0.05) is 43.7 Å². The minimum atomic E-state index is -6.09. The van der Waals surface area contributed by atoms with Gasteiger partial charge in [-0.2, -0.15) is 31.6 Å². The zero-order chi connectivity index (χ0) is 45.0. The first-order chi connectivity index (χ1) is 28.2. The summed E-state index contributed by atoms with van der Waals surface area (Å²) < 4.78 is 123. The summed E-state index contributed by atoms with van der Waals surface area (Å²) in [5, 5.41) is 7.32. The van der Waals surface area contributed by atoms with Crippen molar-refractivity contribution in [2.45, 2.75) is 31.8 Å².